The smallest absolute Gasteiger partial charge is 0.0548 e. The highest BCUT2D eigenvalue weighted by atomic mass is 79.9. The molecule has 0 bridgehead atoms. The second-order valence-electron chi connectivity index (χ2n) is 4.64. The number of nitrogens with one attached hydrogen (secondary N) is 1. The molecule has 0 aromatic heterocycles. The molecule has 2 unspecified atom stereocenters. The summed E-state index contributed by atoms with van der Waals surface area (Å²) in [6.07, 6.45) is 3.70. The van der Waals surface area contributed by atoms with Crippen molar-refractivity contribution < 1.29 is 0 Å². The maximum Gasteiger partial charge on any atom is 0.0548 e. The Morgan fingerprint density at radius 2 is 2.12 bits per heavy atom. The lowest BCUT2D eigenvalue weighted by Crippen LogP contribution is -2.19. The third kappa shape index (κ3) is 4.61. The molecule has 1 nitrogen and oxygen atoms in total. The van der Waals surface area contributed by atoms with Gasteiger partial charge in [-0.25, -0.2) is 0 Å². The van der Waals surface area contributed by atoms with E-state index < -0.39 is 0 Å². The number of hydrogen-bond acceptors (Lipinski definition) is 1. The van der Waals surface area contributed by atoms with E-state index in [4.69, 9.17) is 11.6 Å². The van der Waals surface area contributed by atoms with Gasteiger partial charge in [0.25, 0.3) is 0 Å². The quantitative estimate of drug-likeness (QED) is 0.761. The summed E-state index contributed by atoms with van der Waals surface area (Å²) in [7, 11) is 2.02. The molecule has 0 saturated heterocycles. The van der Waals surface area contributed by atoms with Crippen molar-refractivity contribution in [3.63, 3.8) is 0 Å². The summed E-state index contributed by atoms with van der Waals surface area (Å²) < 4.78 is 0.972. The van der Waals surface area contributed by atoms with Crippen molar-refractivity contribution in [2.75, 3.05) is 7.05 Å². The Morgan fingerprint density at radius 3 is 2.65 bits per heavy atom. The molecule has 0 radical (unpaired) electrons. The van der Waals surface area contributed by atoms with Gasteiger partial charge in [0.05, 0.1) is 5.02 Å². The Hall–Kier alpha value is -0.0500. The van der Waals surface area contributed by atoms with E-state index in [0.29, 0.717) is 6.04 Å². The predicted octanol–water partition coefficient (Wildman–Crippen LogP) is 5.19. The van der Waals surface area contributed by atoms with Crippen molar-refractivity contribution in [3.8, 4) is 0 Å². The van der Waals surface area contributed by atoms with Crippen molar-refractivity contribution in [2.45, 2.75) is 39.2 Å². The van der Waals surface area contributed by atoms with Crippen LogP contribution in [0.1, 0.15) is 44.7 Å². The first-order valence-electron chi connectivity index (χ1n) is 6.20. The Morgan fingerprint density at radius 1 is 1.41 bits per heavy atom. The normalized spacial score (nSPS) is 14.6. The molecular formula is C14H21BrClN. The van der Waals surface area contributed by atoms with Crippen LogP contribution in [0.4, 0.5) is 0 Å². The van der Waals surface area contributed by atoms with E-state index in [1.165, 1.54) is 24.8 Å². The van der Waals surface area contributed by atoms with Crippen molar-refractivity contribution in [2.24, 2.45) is 5.92 Å². The van der Waals surface area contributed by atoms with Crippen molar-refractivity contribution >= 4 is 27.5 Å². The van der Waals surface area contributed by atoms with E-state index >= 15 is 0 Å². The molecule has 2 atom stereocenters. The molecule has 0 spiro atoms. The number of halogens is 2. The molecule has 1 aromatic carbocycles. The van der Waals surface area contributed by atoms with Gasteiger partial charge in [0, 0.05) is 10.5 Å². The van der Waals surface area contributed by atoms with E-state index in [-0.39, 0.29) is 0 Å². The zero-order chi connectivity index (χ0) is 12.8. The van der Waals surface area contributed by atoms with E-state index in [2.05, 4.69) is 47.2 Å². The zero-order valence-electron chi connectivity index (χ0n) is 10.8. The van der Waals surface area contributed by atoms with Crippen LogP contribution >= 0.6 is 27.5 Å². The van der Waals surface area contributed by atoms with Gasteiger partial charge >= 0.3 is 0 Å². The SMILES string of the molecule is CCCC(C)CC(NC)c1ccc(Cl)c(Br)c1. The van der Waals surface area contributed by atoms with E-state index in [0.717, 1.165) is 15.4 Å². The molecule has 17 heavy (non-hydrogen) atoms. The molecule has 0 heterocycles. The summed E-state index contributed by atoms with van der Waals surface area (Å²) in [6, 6.07) is 6.58. The molecule has 0 fully saturated rings. The fourth-order valence-electron chi connectivity index (χ4n) is 2.16. The fraction of sp³-hybridized carbons (Fsp3) is 0.571. The lowest BCUT2D eigenvalue weighted by Gasteiger charge is -2.21. The van der Waals surface area contributed by atoms with Gasteiger partial charge in [-0.1, -0.05) is 44.4 Å². The Labute approximate surface area is 118 Å². The van der Waals surface area contributed by atoms with E-state index in [9.17, 15) is 0 Å². The molecule has 1 N–H and O–H groups in total. The number of benzene rings is 1. The summed E-state index contributed by atoms with van der Waals surface area (Å²) >= 11 is 9.50. The Kier molecular flexibility index (Phi) is 6.53. The van der Waals surface area contributed by atoms with Gasteiger partial charge in [-0.15, -0.1) is 0 Å². The third-order valence-electron chi connectivity index (χ3n) is 3.11. The maximum atomic E-state index is 6.02. The minimum atomic E-state index is 0.408. The van der Waals surface area contributed by atoms with E-state index in [1.807, 2.05) is 13.1 Å². The summed E-state index contributed by atoms with van der Waals surface area (Å²) in [6.45, 7) is 4.56. The van der Waals surface area contributed by atoms with Crippen molar-refractivity contribution in [1.82, 2.24) is 5.32 Å². The molecule has 1 rings (SSSR count). The van der Waals surface area contributed by atoms with Crippen LogP contribution in [-0.4, -0.2) is 7.05 Å². The average Bonchev–Trinajstić information content (AvgIpc) is 2.30. The monoisotopic (exact) mass is 317 g/mol. The van der Waals surface area contributed by atoms with Crippen LogP contribution in [-0.2, 0) is 0 Å². The Balaban J connectivity index is 2.75. The van der Waals surface area contributed by atoms with Crippen molar-refractivity contribution in [3.05, 3.63) is 33.3 Å². The lowest BCUT2D eigenvalue weighted by molar-refractivity contribution is 0.407. The van der Waals surface area contributed by atoms with Crippen LogP contribution in [0.15, 0.2) is 22.7 Å². The first kappa shape index (κ1) is 15.0. The van der Waals surface area contributed by atoms with Crippen LogP contribution in [0, 0.1) is 5.92 Å². The van der Waals surface area contributed by atoms with E-state index in [1.54, 1.807) is 0 Å². The Bertz CT molecular complexity index is 354. The fourth-order valence-corrected chi connectivity index (χ4v) is 2.68. The molecule has 96 valence electrons. The molecule has 0 saturated carbocycles. The van der Waals surface area contributed by atoms with Gasteiger partial charge < -0.3 is 5.32 Å². The van der Waals surface area contributed by atoms with Gasteiger partial charge in [0.15, 0.2) is 0 Å². The summed E-state index contributed by atoms with van der Waals surface area (Å²) in [5.41, 5.74) is 1.30. The van der Waals surface area contributed by atoms with Gasteiger partial charge in [0.2, 0.25) is 0 Å². The molecular weight excluding hydrogens is 298 g/mol. The average molecular weight is 319 g/mol. The van der Waals surface area contributed by atoms with Crippen molar-refractivity contribution in [1.29, 1.82) is 0 Å². The van der Waals surface area contributed by atoms with Crippen LogP contribution in [0.5, 0.6) is 0 Å². The van der Waals surface area contributed by atoms with Crippen LogP contribution in [0.2, 0.25) is 5.02 Å². The lowest BCUT2D eigenvalue weighted by atomic mass is 9.93. The van der Waals surface area contributed by atoms with Crippen LogP contribution in [0.3, 0.4) is 0 Å². The minimum absolute atomic E-state index is 0.408. The largest absolute Gasteiger partial charge is 0.313 e. The minimum Gasteiger partial charge on any atom is -0.313 e. The maximum absolute atomic E-state index is 6.02. The summed E-state index contributed by atoms with van der Waals surface area (Å²) in [5, 5.41) is 4.16. The van der Waals surface area contributed by atoms with Gasteiger partial charge in [-0.05, 0) is 53.0 Å². The predicted molar refractivity (Wildman–Crippen MR) is 79.6 cm³/mol. The first-order chi connectivity index (χ1) is 8.08. The van der Waals surface area contributed by atoms with Crippen LogP contribution in [0.25, 0.3) is 0 Å². The second kappa shape index (κ2) is 7.40. The third-order valence-corrected chi connectivity index (χ3v) is 4.33. The highest BCUT2D eigenvalue weighted by Gasteiger charge is 2.14. The molecule has 0 aliphatic heterocycles. The first-order valence-corrected chi connectivity index (χ1v) is 7.37. The topological polar surface area (TPSA) is 12.0 Å². The molecule has 1 aromatic rings. The molecule has 0 aliphatic carbocycles. The molecule has 0 amide bonds. The standard InChI is InChI=1S/C14H21BrClN/c1-4-5-10(2)8-14(17-3)11-6-7-13(16)12(15)9-11/h6-7,9-10,14,17H,4-5,8H2,1-3H3. The summed E-state index contributed by atoms with van der Waals surface area (Å²) in [5.74, 6) is 0.743. The highest BCUT2D eigenvalue weighted by Crippen LogP contribution is 2.29. The van der Waals surface area contributed by atoms with Crippen LogP contribution < -0.4 is 5.32 Å². The van der Waals surface area contributed by atoms with Gasteiger partial charge in [-0.3, -0.25) is 0 Å². The zero-order valence-corrected chi connectivity index (χ0v) is 13.1. The second-order valence-corrected chi connectivity index (χ2v) is 5.91. The molecule has 0 aliphatic rings. The number of hydrogen-bond donors (Lipinski definition) is 1. The van der Waals surface area contributed by atoms with Gasteiger partial charge in [0.1, 0.15) is 0 Å². The number of rotatable bonds is 6. The molecule has 3 heteroatoms. The highest BCUT2D eigenvalue weighted by molar-refractivity contribution is 9.10. The van der Waals surface area contributed by atoms with Gasteiger partial charge in [-0.2, -0.15) is 0 Å². The summed E-state index contributed by atoms with van der Waals surface area (Å²) in [4.78, 5) is 0.